The van der Waals surface area contributed by atoms with E-state index in [1.54, 1.807) is 0 Å². The zero-order valence-corrected chi connectivity index (χ0v) is 12.8. The summed E-state index contributed by atoms with van der Waals surface area (Å²) in [6.07, 6.45) is 3.06. The van der Waals surface area contributed by atoms with Crippen LogP contribution in [0.5, 0.6) is 0 Å². The van der Waals surface area contributed by atoms with E-state index in [9.17, 15) is 4.79 Å². The molecule has 2 rings (SSSR count). The van der Waals surface area contributed by atoms with Gasteiger partial charge >= 0.3 is 5.97 Å². The van der Waals surface area contributed by atoms with Gasteiger partial charge in [-0.15, -0.1) is 0 Å². The molecule has 0 amide bonds. The summed E-state index contributed by atoms with van der Waals surface area (Å²) in [6, 6.07) is 10.6. The molecule has 0 aromatic heterocycles. The minimum Gasteiger partial charge on any atom is -0.468 e. The molecule has 1 aliphatic rings. The van der Waals surface area contributed by atoms with Crippen molar-refractivity contribution in [2.45, 2.75) is 44.6 Å². The fraction of sp³-hybridized carbons (Fsp3) is 0.588. The highest BCUT2D eigenvalue weighted by molar-refractivity contribution is 5.75. The molecule has 0 N–H and O–H groups in total. The number of hydrogen-bond donors (Lipinski definition) is 0. The first-order valence-corrected chi connectivity index (χ1v) is 7.42. The smallest absolute Gasteiger partial charge is 0.323 e. The summed E-state index contributed by atoms with van der Waals surface area (Å²) >= 11 is 0. The second kappa shape index (κ2) is 6.40. The molecule has 1 aliphatic heterocycles. The lowest BCUT2D eigenvalue weighted by Crippen LogP contribution is -2.39. The summed E-state index contributed by atoms with van der Waals surface area (Å²) in [7, 11) is 1.48. The van der Waals surface area contributed by atoms with Crippen molar-refractivity contribution in [1.29, 1.82) is 0 Å². The minimum absolute atomic E-state index is 0.0356. The van der Waals surface area contributed by atoms with Gasteiger partial charge < -0.3 is 4.74 Å². The highest BCUT2D eigenvalue weighted by Crippen LogP contribution is 2.28. The van der Waals surface area contributed by atoms with Gasteiger partial charge in [0, 0.05) is 0 Å². The van der Waals surface area contributed by atoms with E-state index in [1.807, 2.05) is 6.07 Å². The van der Waals surface area contributed by atoms with Crippen LogP contribution < -0.4 is 0 Å². The Hall–Kier alpha value is -1.35. The predicted octanol–water partition coefficient (Wildman–Crippen LogP) is 2.99. The SMILES string of the molecule is COC(=O)[C@@H]1CCCN1CCC(C)(C)c1ccccc1. The summed E-state index contributed by atoms with van der Waals surface area (Å²) in [4.78, 5) is 14.0. The average molecular weight is 275 g/mol. The summed E-state index contributed by atoms with van der Waals surface area (Å²) in [5.41, 5.74) is 1.48. The molecular formula is C17H25NO2. The molecule has 0 spiro atoms. The molecule has 20 heavy (non-hydrogen) atoms. The molecule has 0 radical (unpaired) electrons. The maximum atomic E-state index is 11.8. The maximum absolute atomic E-state index is 11.8. The second-order valence-corrected chi connectivity index (χ2v) is 6.22. The highest BCUT2D eigenvalue weighted by atomic mass is 16.5. The first-order chi connectivity index (χ1) is 9.54. The number of ether oxygens (including phenoxy) is 1. The molecule has 3 nitrogen and oxygen atoms in total. The van der Waals surface area contributed by atoms with Crippen molar-refractivity contribution in [2.24, 2.45) is 0 Å². The minimum atomic E-state index is -0.0833. The first-order valence-electron chi connectivity index (χ1n) is 7.42. The molecule has 0 aliphatic carbocycles. The van der Waals surface area contributed by atoms with Crippen molar-refractivity contribution in [3.63, 3.8) is 0 Å². The quantitative estimate of drug-likeness (QED) is 0.774. The Bertz CT molecular complexity index is 442. The third kappa shape index (κ3) is 3.40. The van der Waals surface area contributed by atoms with Crippen LogP contribution in [-0.4, -0.2) is 37.1 Å². The van der Waals surface area contributed by atoms with Crippen LogP contribution in [0.4, 0.5) is 0 Å². The normalized spacial score (nSPS) is 20.1. The van der Waals surface area contributed by atoms with E-state index < -0.39 is 0 Å². The van der Waals surface area contributed by atoms with Gasteiger partial charge in [-0.25, -0.2) is 0 Å². The third-order valence-corrected chi connectivity index (χ3v) is 4.42. The van der Waals surface area contributed by atoms with E-state index >= 15 is 0 Å². The molecule has 0 bridgehead atoms. The fourth-order valence-corrected chi connectivity index (χ4v) is 2.95. The molecule has 1 aromatic carbocycles. The Morgan fingerprint density at radius 2 is 2.05 bits per heavy atom. The molecule has 3 heteroatoms. The lowest BCUT2D eigenvalue weighted by atomic mass is 9.81. The highest BCUT2D eigenvalue weighted by Gasteiger charge is 2.32. The van der Waals surface area contributed by atoms with Crippen LogP contribution in [-0.2, 0) is 14.9 Å². The van der Waals surface area contributed by atoms with Gasteiger partial charge in [0.15, 0.2) is 0 Å². The molecule has 110 valence electrons. The first kappa shape index (κ1) is 15.0. The third-order valence-electron chi connectivity index (χ3n) is 4.42. The van der Waals surface area contributed by atoms with Crippen LogP contribution in [0, 0.1) is 0 Å². The molecular weight excluding hydrogens is 250 g/mol. The van der Waals surface area contributed by atoms with Crippen LogP contribution in [0.15, 0.2) is 30.3 Å². The zero-order valence-electron chi connectivity index (χ0n) is 12.8. The number of likely N-dealkylation sites (tertiary alicyclic amines) is 1. The van der Waals surface area contributed by atoms with Crippen LogP contribution in [0.25, 0.3) is 0 Å². The summed E-state index contributed by atoms with van der Waals surface area (Å²) in [5, 5.41) is 0. The number of hydrogen-bond acceptors (Lipinski definition) is 3. The lowest BCUT2D eigenvalue weighted by molar-refractivity contribution is -0.145. The van der Waals surface area contributed by atoms with Crippen molar-refractivity contribution in [3.8, 4) is 0 Å². The van der Waals surface area contributed by atoms with Crippen molar-refractivity contribution in [2.75, 3.05) is 20.2 Å². The van der Waals surface area contributed by atoms with Gasteiger partial charge in [-0.05, 0) is 43.3 Å². The monoisotopic (exact) mass is 275 g/mol. The topological polar surface area (TPSA) is 29.5 Å². The van der Waals surface area contributed by atoms with Crippen LogP contribution >= 0.6 is 0 Å². The van der Waals surface area contributed by atoms with E-state index in [2.05, 4.69) is 43.0 Å². The van der Waals surface area contributed by atoms with Crippen LogP contribution in [0.2, 0.25) is 0 Å². The number of esters is 1. The van der Waals surface area contributed by atoms with Gasteiger partial charge in [-0.2, -0.15) is 0 Å². The van der Waals surface area contributed by atoms with Gasteiger partial charge in [0.2, 0.25) is 0 Å². The summed E-state index contributed by atoms with van der Waals surface area (Å²) in [6.45, 7) is 6.49. The summed E-state index contributed by atoms with van der Waals surface area (Å²) in [5.74, 6) is -0.0833. The predicted molar refractivity (Wildman–Crippen MR) is 80.7 cm³/mol. The number of nitrogens with zero attached hydrogens (tertiary/aromatic N) is 1. The number of benzene rings is 1. The van der Waals surface area contributed by atoms with Gasteiger partial charge in [-0.1, -0.05) is 44.2 Å². The molecule has 1 heterocycles. The van der Waals surface area contributed by atoms with Gasteiger partial charge in [0.25, 0.3) is 0 Å². The largest absolute Gasteiger partial charge is 0.468 e. The average Bonchev–Trinajstić information content (AvgIpc) is 2.94. The van der Waals surface area contributed by atoms with E-state index in [0.29, 0.717) is 0 Å². The lowest BCUT2D eigenvalue weighted by Gasteiger charge is -2.30. The Balaban J connectivity index is 1.96. The van der Waals surface area contributed by atoms with E-state index in [-0.39, 0.29) is 17.4 Å². The number of methoxy groups -OCH3 is 1. The van der Waals surface area contributed by atoms with E-state index in [1.165, 1.54) is 12.7 Å². The standard InChI is InChI=1S/C17H25NO2/c1-17(2,14-8-5-4-6-9-14)11-13-18-12-7-10-15(18)16(19)20-3/h4-6,8-9,15H,7,10-13H2,1-3H3/t15-/m0/s1. The van der Waals surface area contributed by atoms with Gasteiger partial charge in [0.1, 0.15) is 6.04 Å². The Kier molecular flexibility index (Phi) is 4.81. The Labute approximate surface area is 121 Å². The van der Waals surface area contributed by atoms with Crippen molar-refractivity contribution in [1.82, 2.24) is 4.90 Å². The van der Waals surface area contributed by atoms with Gasteiger partial charge in [-0.3, -0.25) is 9.69 Å². The molecule has 0 saturated carbocycles. The Morgan fingerprint density at radius 1 is 1.35 bits per heavy atom. The van der Waals surface area contributed by atoms with Crippen LogP contribution in [0.1, 0.15) is 38.7 Å². The fourth-order valence-electron chi connectivity index (χ4n) is 2.95. The molecule has 1 saturated heterocycles. The molecule has 0 unspecified atom stereocenters. The van der Waals surface area contributed by atoms with E-state index in [4.69, 9.17) is 4.74 Å². The number of carbonyl (C=O) groups excluding carboxylic acids is 1. The van der Waals surface area contributed by atoms with Gasteiger partial charge in [0.05, 0.1) is 7.11 Å². The van der Waals surface area contributed by atoms with E-state index in [0.717, 1.165) is 32.4 Å². The number of rotatable bonds is 5. The zero-order chi connectivity index (χ0) is 14.6. The number of carbonyl (C=O) groups is 1. The maximum Gasteiger partial charge on any atom is 0.323 e. The van der Waals surface area contributed by atoms with Crippen molar-refractivity contribution in [3.05, 3.63) is 35.9 Å². The van der Waals surface area contributed by atoms with Crippen molar-refractivity contribution >= 4 is 5.97 Å². The molecule has 1 aromatic rings. The molecule has 1 atom stereocenters. The molecule has 1 fully saturated rings. The second-order valence-electron chi connectivity index (χ2n) is 6.22. The van der Waals surface area contributed by atoms with Crippen molar-refractivity contribution < 1.29 is 9.53 Å². The Morgan fingerprint density at radius 3 is 2.70 bits per heavy atom. The van der Waals surface area contributed by atoms with Crippen LogP contribution in [0.3, 0.4) is 0 Å². The summed E-state index contributed by atoms with van der Waals surface area (Å²) < 4.78 is 4.90.